The second-order valence-corrected chi connectivity index (χ2v) is 6.87. The summed E-state index contributed by atoms with van der Waals surface area (Å²) in [6, 6.07) is 8.73. The normalized spacial score (nSPS) is 11.8. The van der Waals surface area contributed by atoms with Gasteiger partial charge in [-0.3, -0.25) is 0 Å². The van der Waals surface area contributed by atoms with Gasteiger partial charge in [-0.05, 0) is 38.5 Å². The van der Waals surface area contributed by atoms with Crippen molar-refractivity contribution in [3.05, 3.63) is 29.8 Å². The quantitative estimate of drug-likeness (QED) is 0.559. The van der Waals surface area contributed by atoms with Gasteiger partial charge in [0.1, 0.15) is 0 Å². The monoisotopic (exact) mass is 297 g/mol. The minimum atomic E-state index is 0.160. The van der Waals surface area contributed by atoms with Crippen LogP contribution < -0.4 is 5.32 Å². The molecule has 20 heavy (non-hydrogen) atoms. The summed E-state index contributed by atoms with van der Waals surface area (Å²) in [4.78, 5) is 1.29. The van der Waals surface area contributed by atoms with Crippen LogP contribution >= 0.6 is 11.8 Å². The highest BCUT2D eigenvalue weighted by Crippen LogP contribution is 2.18. The largest absolute Gasteiger partial charge is 0.382 e. The standard InChI is InChI=1S/C16H27NO2S/c1-16(2,3)17-13-14-5-7-15(8-6-14)20-12-11-19-10-9-18-4/h5-8,17H,9-13H2,1-4H3. The van der Waals surface area contributed by atoms with Gasteiger partial charge < -0.3 is 14.8 Å². The van der Waals surface area contributed by atoms with Crippen molar-refractivity contribution in [2.75, 3.05) is 32.7 Å². The van der Waals surface area contributed by atoms with E-state index in [9.17, 15) is 0 Å². The van der Waals surface area contributed by atoms with Crippen molar-refractivity contribution >= 4 is 11.8 Å². The Bertz CT molecular complexity index is 360. The van der Waals surface area contributed by atoms with Gasteiger partial charge in [-0.1, -0.05) is 12.1 Å². The number of benzene rings is 1. The predicted octanol–water partition coefficient (Wildman–Crippen LogP) is 3.33. The van der Waals surface area contributed by atoms with Crippen LogP contribution in [0.1, 0.15) is 26.3 Å². The lowest BCUT2D eigenvalue weighted by molar-refractivity contribution is 0.0790. The molecule has 1 aromatic rings. The van der Waals surface area contributed by atoms with Crippen LogP contribution in [0.2, 0.25) is 0 Å². The average Bonchev–Trinajstić information content (AvgIpc) is 2.41. The number of nitrogens with one attached hydrogen (secondary N) is 1. The van der Waals surface area contributed by atoms with Crippen LogP contribution in [-0.4, -0.2) is 38.2 Å². The molecule has 0 aliphatic carbocycles. The van der Waals surface area contributed by atoms with Gasteiger partial charge >= 0.3 is 0 Å². The zero-order valence-corrected chi connectivity index (χ0v) is 13.9. The van der Waals surface area contributed by atoms with E-state index in [1.165, 1.54) is 10.5 Å². The molecule has 0 radical (unpaired) electrons. The lowest BCUT2D eigenvalue weighted by atomic mass is 10.1. The maximum Gasteiger partial charge on any atom is 0.0700 e. The van der Waals surface area contributed by atoms with E-state index in [0.717, 1.165) is 18.9 Å². The van der Waals surface area contributed by atoms with Gasteiger partial charge in [-0.2, -0.15) is 0 Å². The summed E-state index contributed by atoms with van der Waals surface area (Å²) in [6.45, 7) is 9.56. The van der Waals surface area contributed by atoms with Gasteiger partial charge in [0.2, 0.25) is 0 Å². The Morgan fingerprint density at radius 3 is 2.35 bits per heavy atom. The molecular weight excluding hydrogens is 270 g/mol. The summed E-state index contributed by atoms with van der Waals surface area (Å²) in [5.74, 6) is 0.975. The molecule has 0 fully saturated rings. The summed E-state index contributed by atoms with van der Waals surface area (Å²) in [7, 11) is 1.69. The van der Waals surface area contributed by atoms with Crippen molar-refractivity contribution in [3.63, 3.8) is 0 Å². The van der Waals surface area contributed by atoms with Crippen molar-refractivity contribution in [2.45, 2.75) is 37.8 Å². The SMILES string of the molecule is COCCOCCSc1ccc(CNC(C)(C)C)cc1. The molecule has 0 bridgehead atoms. The van der Waals surface area contributed by atoms with Crippen LogP contribution in [-0.2, 0) is 16.0 Å². The van der Waals surface area contributed by atoms with Crippen molar-refractivity contribution < 1.29 is 9.47 Å². The number of hydrogen-bond donors (Lipinski definition) is 1. The summed E-state index contributed by atoms with van der Waals surface area (Å²) in [5.41, 5.74) is 1.48. The van der Waals surface area contributed by atoms with Gasteiger partial charge in [0.15, 0.2) is 0 Å². The Morgan fingerprint density at radius 1 is 1.05 bits per heavy atom. The Kier molecular flexibility index (Phi) is 8.22. The highest BCUT2D eigenvalue weighted by molar-refractivity contribution is 7.99. The van der Waals surface area contributed by atoms with E-state index in [4.69, 9.17) is 9.47 Å². The lowest BCUT2D eigenvalue weighted by Gasteiger charge is -2.20. The number of thioether (sulfide) groups is 1. The first kappa shape index (κ1) is 17.5. The second kappa shape index (κ2) is 9.40. The molecule has 0 aromatic heterocycles. The summed E-state index contributed by atoms with van der Waals surface area (Å²) >= 11 is 1.82. The smallest absolute Gasteiger partial charge is 0.0700 e. The van der Waals surface area contributed by atoms with Gasteiger partial charge in [-0.25, -0.2) is 0 Å². The number of methoxy groups -OCH3 is 1. The molecule has 1 rings (SSSR count). The van der Waals surface area contributed by atoms with E-state index >= 15 is 0 Å². The molecule has 4 heteroatoms. The van der Waals surface area contributed by atoms with Crippen LogP contribution in [0.15, 0.2) is 29.2 Å². The maximum atomic E-state index is 5.44. The molecule has 0 saturated heterocycles. The number of rotatable bonds is 9. The van der Waals surface area contributed by atoms with Gasteiger partial charge in [0, 0.05) is 29.8 Å². The van der Waals surface area contributed by atoms with E-state index in [1.54, 1.807) is 7.11 Å². The topological polar surface area (TPSA) is 30.5 Å². The zero-order valence-electron chi connectivity index (χ0n) is 13.1. The van der Waals surface area contributed by atoms with E-state index in [0.29, 0.717) is 13.2 Å². The van der Waals surface area contributed by atoms with Crippen molar-refractivity contribution in [2.24, 2.45) is 0 Å². The molecule has 3 nitrogen and oxygen atoms in total. The maximum absolute atomic E-state index is 5.44. The predicted molar refractivity (Wildman–Crippen MR) is 86.5 cm³/mol. The van der Waals surface area contributed by atoms with E-state index in [2.05, 4.69) is 50.4 Å². The summed E-state index contributed by atoms with van der Waals surface area (Å²) in [5, 5.41) is 3.49. The summed E-state index contributed by atoms with van der Waals surface area (Å²) in [6.07, 6.45) is 0. The Balaban J connectivity index is 2.21. The first-order valence-electron chi connectivity index (χ1n) is 7.05. The Hall–Kier alpha value is -0.550. The van der Waals surface area contributed by atoms with Crippen LogP contribution in [0.25, 0.3) is 0 Å². The fourth-order valence-electron chi connectivity index (χ4n) is 1.53. The molecule has 0 unspecified atom stereocenters. The summed E-state index contributed by atoms with van der Waals surface area (Å²) < 4.78 is 10.4. The fraction of sp³-hybridized carbons (Fsp3) is 0.625. The first-order chi connectivity index (χ1) is 9.51. The van der Waals surface area contributed by atoms with Crippen LogP contribution in [0.3, 0.4) is 0 Å². The zero-order chi connectivity index (χ0) is 14.8. The molecule has 0 aliphatic heterocycles. The molecule has 0 spiro atoms. The fourth-order valence-corrected chi connectivity index (χ4v) is 2.30. The third-order valence-electron chi connectivity index (χ3n) is 2.67. The molecule has 1 N–H and O–H groups in total. The molecule has 0 amide bonds. The third-order valence-corrected chi connectivity index (χ3v) is 3.65. The van der Waals surface area contributed by atoms with Gasteiger partial charge in [0.05, 0.1) is 19.8 Å². The van der Waals surface area contributed by atoms with Crippen LogP contribution in [0, 0.1) is 0 Å². The highest BCUT2D eigenvalue weighted by atomic mass is 32.2. The van der Waals surface area contributed by atoms with E-state index in [-0.39, 0.29) is 5.54 Å². The van der Waals surface area contributed by atoms with Crippen molar-refractivity contribution in [1.82, 2.24) is 5.32 Å². The Labute approximate surface area is 127 Å². The second-order valence-electron chi connectivity index (χ2n) is 5.70. The minimum Gasteiger partial charge on any atom is -0.382 e. The molecular formula is C16H27NO2S. The Morgan fingerprint density at radius 2 is 1.75 bits per heavy atom. The van der Waals surface area contributed by atoms with E-state index in [1.807, 2.05) is 11.8 Å². The minimum absolute atomic E-state index is 0.160. The lowest BCUT2D eigenvalue weighted by Crippen LogP contribution is -2.35. The van der Waals surface area contributed by atoms with Crippen molar-refractivity contribution in [1.29, 1.82) is 0 Å². The van der Waals surface area contributed by atoms with Crippen LogP contribution in [0.5, 0.6) is 0 Å². The molecule has 114 valence electrons. The van der Waals surface area contributed by atoms with E-state index < -0.39 is 0 Å². The molecule has 1 aromatic carbocycles. The van der Waals surface area contributed by atoms with Crippen LogP contribution in [0.4, 0.5) is 0 Å². The first-order valence-corrected chi connectivity index (χ1v) is 8.03. The van der Waals surface area contributed by atoms with Gasteiger partial charge in [-0.15, -0.1) is 11.8 Å². The number of ether oxygens (including phenoxy) is 2. The third kappa shape index (κ3) is 8.59. The van der Waals surface area contributed by atoms with Gasteiger partial charge in [0.25, 0.3) is 0 Å². The molecule has 0 aliphatic rings. The average molecular weight is 297 g/mol. The highest BCUT2D eigenvalue weighted by Gasteiger charge is 2.07. The molecule has 0 heterocycles. The molecule has 0 saturated carbocycles. The van der Waals surface area contributed by atoms with Crippen molar-refractivity contribution in [3.8, 4) is 0 Å². The molecule has 0 atom stereocenters. The number of hydrogen-bond acceptors (Lipinski definition) is 4.